The monoisotopic (exact) mass is 736 g/mol. The number of carbonyl (C=O) groups is 3. The van der Waals surface area contributed by atoms with Crippen molar-refractivity contribution in [1.82, 2.24) is 26.4 Å². The summed E-state index contributed by atoms with van der Waals surface area (Å²) in [6.45, 7) is 2.54. The van der Waals surface area contributed by atoms with Crippen LogP contribution in [0.3, 0.4) is 0 Å². The van der Waals surface area contributed by atoms with Crippen LogP contribution in [0.5, 0.6) is 0 Å². The molecule has 8 unspecified atom stereocenters. The Bertz CT molecular complexity index is 1250. The number of nitrogens with one attached hydrogen (secondary N) is 4. The first-order valence-corrected chi connectivity index (χ1v) is 20.2. The fourth-order valence-electron chi connectivity index (χ4n) is 9.99. The first-order valence-electron chi connectivity index (χ1n) is 19.7. The number of hydrazine groups is 1. The van der Waals surface area contributed by atoms with Crippen LogP contribution in [-0.4, -0.2) is 113 Å². The number of methoxy groups -OCH3 is 1. The van der Waals surface area contributed by atoms with E-state index in [9.17, 15) is 24.6 Å². The fourth-order valence-corrected chi connectivity index (χ4v) is 10.2. The number of carboxylic acids is 1. The van der Waals surface area contributed by atoms with Gasteiger partial charge in [0.15, 0.2) is 5.60 Å². The molecule has 13 nitrogen and oxygen atoms in total. The van der Waals surface area contributed by atoms with E-state index in [4.69, 9.17) is 26.1 Å². The van der Waals surface area contributed by atoms with E-state index in [0.717, 1.165) is 77.0 Å². The molecule has 0 aromatic rings. The van der Waals surface area contributed by atoms with Gasteiger partial charge in [-0.05, 0) is 89.9 Å². The van der Waals surface area contributed by atoms with Crippen molar-refractivity contribution in [3.05, 3.63) is 0 Å². The standard InChI is InChI=1S/C37H61ClN6O7/c1-22-42-43-34-30(41-33(23-10-12-26(38)13-11-23)29-19-27(50-2)14-15-31(29)44(22)34)20-32(45)39-16-17-40-35(46)24-6-5-9-28(18-24)51-21-37(49,36(47)48)25-7-3-4-8-25/h22-31,34,42-43,49H,3-21H2,1-2H3,(H,39,45)(H,40,46)(H,47,48)/t22?,23?,24?,26?,27?,28?,29?,30-,31?,34?,37?/m0/s1. The number of aliphatic imine (C=N–C) groups is 1. The van der Waals surface area contributed by atoms with Gasteiger partial charge in [0.2, 0.25) is 11.8 Å². The molecule has 5 fully saturated rings. The van der Waals surface area contributed by atoms with E-state index in [0.29, 0.717) is 44.3 Å². The SMILES string of the molecule is COC1CCC2C(C1)C(C1CCC(Cl)CC1)=N[C@@H](CC(=O)NCCNC(=O)C1CCCC(OCC(O)(C(=O)O)C3CCCC3)C1)C1NNC(C)N21. The molecule has 0 aromatic carbocycles. The number of fused-ring (bicyclic) bond motifs is 3. The number of hydrogen-bond acceptors (Lipinski definition) is 10. The molecular formula is C37H61ClN6O7. The molecule has 6 rings (SSSR count). The molecule has 4 saturated carbocycles. The quantitative estimate of drug-likeness (QED) is 0.122. The topological polar surface area (TPSA) is 174 Å². The lowest BCUT2D eigenvalue weighted by atomic mass is 9.72. The lowest BCUT2D eigenvalue weighted by Crippen LogP contribution is -2.55. The van der Waals surface area contributed by atoms with Gasteiger partial charge in [-0.1, -0.05) is 19.3 Å². The zero-order valence-corrected chi connectivity index (χ0v) is 31.2. The van der Waals surface area contributed by atoms with E-state index >= 15 is 0 Å². The van der Waals surface area contributed by atoms with Gasteiger partial charge in [-0.3, -0.25) is 19.5 Å². The predicted octanol–water partition coefficient (Wildman–Crippen LogP) is 3.08. The Morgan fingerprint density at radius 1 is 0.941 bits per heavy atom. The summed E-state index contributed by atoms with van der Waals surface area (Å²) < 4.78 is 11.8. The number of halogens is 1. The van der Waals surface area contributed by atoms with Gasteiger partial charge in [0.25, 0.3) is 0 Å². The van der Waals surface area contributed by atoms with Crippen LogP contribution in [0.4, 0.5) is 0 Å². The highest BCUT2D eigenvalue weighted by molar-refractivity contribution is 6.20. The zero-order valence-electron chi connectivity index (χ0n) is 30.5. The summed E-state index contributed by atoms with van der Waals surface area (Å²) in [5.74, 6) is -1.34. The maximum Gasteiger partial charge on any atom is 0.338 e. The average molecular weight is 737 g/mol. The molecule has 2 amide bonds. The van der Waals surface area contributed by atoms with E-state index in [2.05, 4.69) is 33.3 Å². The van der Waals surface area contributed by atoms with Crippen molar-refractivity contribution in [3.63, 3.8) is 0 Å². The molecule has 0 bridgehead atoms. The molecule has 51 heavy (non-hydrogen) atoms. The van der Waals surface area contributed by atoms with Crippen LogP contribution in [0.1, 0.15) is 110 Å². The third kappa shape index (κ3) is 9.09. The van der Waals surface area contributed by atoms with Gasteiger partial charge >= 0.3 is 5.97 Å². The van der Waals surface area contributed by atoms with Gasteiger partial charge in [0.1, 0.15) is 0 Å². The second-order valence-electron chi connectivity index (χ2n) is 16.1. The molecule has 4 aliphatic carbocycles. The number of aliphatic hydroxyl groups is 1. The van der Waals surface area contributed by atoms with Gasteiger partial charge in [-0.25, -0.2) is 15.6 Å². The van der Waals surface area contributed by atoms with E-state index in [1.54, 1.807) is 7.11 Å². The number of rotatable bonds is 13. The van der Waals surface area contributed by atoms with Crippen LogP contribution in [-0.2, 0) is 23.9 Å². The third-order valence-electron chi connectivity index (χ3n) is 12.9. The number of nitrogens with zero attached hydrogens (tertiary/aromatic N) is 2. The molecule has 0 spiro atoms. The average Bonchev–Trinajstić information content (AvgIpc) is 3.79. The Hall–Kier alpha value is -1.87. The number of aliphatic carboxylic acids is 1. The molecule has 0 aromatic heterocycles. The summed E-state index contributed by atoms with van der Waals surface area (Å²) in [6.07, 6.45) is 13.1. The van der Waals surface area contributed by atoms with Gasteiger partial charge < -0.3 is 30.3 Å². The molecule has 2 heterocycles. The van der Waals surface area contributed by atoms with Crippen LogP contribution in [0.15, 0.2) is 4.99 Å². The number of alkyl halides is 1. The normalized spacial score (nSPS) is 37.4. The Morgan fingerprint density at radius 2 is 1.69 bits per heavy atom. The molecule has 6 N–H and O–H groups in total. The zero-order chi connectivity index (χ0) is 36.1. The number of hydrogen-bond donors (Lipinski definition) is 6. The van der Waals surface area contributed by atoms with Crippen molar-refractivity contribution in [3.8, 4) is 0 Å². The van der Waals surface area contributed by atoms with Crippen molar-refractivity contribution >= 4 is 35.1 Å². The summed E-state index contributed by atoms with van der Waals surface area (Å²) >= 11 is 6.52. The van der Waals surface area contributed by atoms with Crippen LogP contribution < -0.4 is 21.5 Å². The van der Waals surface area contributed by atoms with Crippen molar-refractivity contribution in [1.29, 1.82) is 0 Å². The van der Waals surface area contributed by atoms with Crippen molar-refractivity contribution in [2.45, 2.75) is 157 Å². The highest BCUT2D eigenvalue weighted by atomic mass is 35.5. The number of carbonyl (C=O) groups excluding carboxylic acids is 2. The minimum Gasteiger partial charge on any atom is -0.479 e. The van der Waals surface area contributed by atoms with E-state index in [-0.39, 0.29) is 78.6 Å². The van der Waals surface area contributed by atoms with E-state index < -0.39 is 11.6 Å². The third-order valence-corrected chi connectivity index (χ3v) is 13.3. The van der Waals surface area contributed by atoms with Crippen molar-refractivity contribution in [2.75, 3.05) is 26.8 Å². The number of ether oxygens (including phenoxy) is 2. The van der Waals surface area contributed by atoms with E-state index in [1.807, 2.05) is 0 Å². The Kier molecular flexibility index (Phi) is 13.3. The summed E-state index contributed by atoms with van der Waals surface area (Å²) in [5.41, 5.74) is 6.26. The predicted molar refractivity (Wildman–Crippen MR) is 193 cm³/mol. The van der Waals surface area contributed by atoms with Crippen molar-refractivity contribution in [2.24, 2.45) is 28.7 Å². The first kappa shape index (κ1) is 38.8. The highest BCUT2D eigenvalue weighted by Crippen LogP contribution is 2.42. The first-order chi connectivity index (χ1) is 24.6. The van der Waals surface area contributed by atoms with E-state index in [1.165, 1.54) is 5.71 Å². The molecule has 1 saturated heterocycles. The minimum atomic E-state index is -1.89. The highest BCUT2D eigenvalue weighted by Gasteiger charge is 2.50. The molecular weight excluding hydrogens is 676 g/mol. The summed E-state index contributed by atoms with van der Waals surface area (Å²) in [7, 11) is 1.81. The fraction of sp³-hybridized carbons (Fsp3) is 0.892. The number of amides is 2. The summed E-state index contributed by atoms with van der Waals surface area (Å²) in [6, 6.07) is 0.0501. The lowest BCUT2D eigenvalue weighted by Gasteiger charge is -2.44. The van der Waals surface area contributed by atoms with Gasteiger partial charge in [0, 0.05) is 55.1 Å². The Balaban J connectivity index is 1.01. The molecule has 288 valence electrons. The maximum absolute atomic E-state index is 13.4. The molecule has 14 heteroatoms. The largest absolute Gasteiger partial charge is 0.479 e. The van der Waals surface area contributed by atoms with Gasteiger partial charge in [-0.15, -0.1) is 11.6 Å². The van der Waals surface area contributed by atoms with Crippen molar-refractivity contribution < 1.29 is 34.1 Å². The van der Waals surface area contributed by atoms with Crippen LogP contribution in [0, 0.1) is 23.7 Å². The number of carboxylic acid groups (broad SMARTS) is 1. The second-order valence-corrected chi connectivity index (χ2v) is 16.7. The molecule has 9 atom stereocenters. The van der Waals surface area contributed by atoms with Gasteiger partial charge in [0.05, 0.1) is 43.6 Å². The molecule has 6 aliphatic rings. The van der Waals surface area contributed by atoms with Crippen LogP contribution in [0.2, 0.25) is 0 Å². The Labute approximate surface area is 307 Å². The smallest absolute Gasteiger partial charge is 0.338 e. The van der Waals surface area contributed by atoms with Gasteiger partial charge in [-0.2, -0.15) is 0 Å². The maximum atomic E-state index is 13.4. The summed E-state index contributed by atoms with van der Waals surface area (Å²) in [4.78, 5) is 46.5. The molecule has 0 radical (unpaired) electrons. The van der Waals surface area contributed by atoms with Crippen LogP contribution >= 0.6 is 11.6 Å². The van der Waals surface area contributed by atoms with Crippen LogP contribution in [0.25, 0.3) is 0 Å². The lowest BCUT2D eigenvalue weighted by molar-refractivity contribution is -0.178. The Morgan fingerprint density at radius 3 is 2.41 bits per heavy atom. The minimum absolute atomic E-state index is 0.0886. The summed E-state index contributed by atoms with van der Waals surface area (Å²) in [5, 5.41) is 26.9. The molecule has 2 aliphatic heterocycles. The second kappa shape index (κ2) is 17.5.